The Morgan fingerprint density at radius 2 is 2.18 bits per heavy atom. The number of aryl methyl sites for hydroxylation is 1. The summed E-state index contributed by atoms with van der Waals surface area (Å²) in [6, 6.07) is 14.1. The smallest absolute Gasteiger partial charge is 0.304 e. The first kappa shape index (κ1) is 21.4. The van der Waals surface area contributed by atoms with Gasteiger partial charge in [0.15, 0.2) is 0 Å². The van der Waals surface area contributed by atoms with E-state index in [-0.39, 0.29) is 12.3 Å². The summed E-state index contributed by atoms with van der Waals surface area (Å²) >= 11 is 1.61. The fraction of sp³-hybridized carbons (Fsp3) is 0.269. The number of benzene rings is 1. The third-order valence-electron chi connectivity index (χ3n) is 6.00. The maximum Gasteiger partial charge on any atom is 0.304 e. The van der Waals surface area contributed by atoms with Gasteiger partial charge in [-0.2, -0.15) is 0 Å². The molecule has 2 N–H and O–H groups in total. The van der Waals surface area contributed by atoms with Crippen LogP contribution in [0.1, 0.15) is 41.1 Å². The van der Waals surface area contributed by atoms with E-state index in [1.54, 1.807) is 23.7 Å². The largest absolute Gasteiger partial charge is 0.493 e. The Balaban J connectivity index is 1.30. The molecule has 33 heavy (non-hydrogen) atoms. The van der Waals surface area contributed by atoms with Gasteiger partial charge >= 0.3 is 5.97 Å². The molecular weight excluding hydrogens is 434 g/mol. The molecule has 4 aromatic rings. The fourth-order valence-corrected chi connectivity index (χ4v) is 5.38. The lowest BCUT2D eigenvalue weighted by Gasteiger charge is -2.17. The van der Waals surface area contributed by atoms with Gasteiger partial charge in [0.2, 0.25) is 0 Å². The average molecular weight is 460 g/mol. The molecule has 4 heterocycles. The number of ether oxygens (including phenoxy) is 1. The van der Waals surface area contributed by atoms with E-state index in [0.29, 0.717) is 6.61 Å². The highest BCUT2D eigenvalue weighted by Crippen LogP contribution is 2.38. The van der Waals surface area contributed by atoms with E-state index in [9.17, 15) is 9.90 Å². The molecule has 1 aliphatic heterocycles. The quantitative estimate of drug-likeness (QED) is 0.373. The maximum absolute atomic E-state index is 11.5. The van der Waals surface area contributed by atoms with Crippen molar-refractivity contribution < 1.29 is 14.6 Å². The summed E-state index contributed by atoms with van der Waals surface area (Å²) in [5.41, 5.74) is 4.24. The summed E-state index contributed by atoms with van der Waals surface area (Å²) < 4.78 is 7.10. The number of hydrogen-bond donors (Lipinski definition) is 2. The predicted molar refractivity (Wildman–Crippen MR) is 130 cm³/mol. The third kappa shape index (κ3) is 4.83. The summed E-state index contributed by atoms with van der Waals surface area (Å²) in [7, 11) is 0. The minimum absolute atomic E-state index is 0.0262. The minimum atomic E-state index is -0.825. The molecule has 0 aliphatic carbocycles. The SMILES string of the molecule is O=C(O)CC(c1cccnc1)c1csc2cc(OCCc3ccc4c(n3)NCCC4)ccc12. The second-order valence-corrected chi connectivity index (χ2v) is 9.14. The van der Waals surface area contributed by atoms with Crippen LogP contribution in [0.5, 0.6) is 5.75 Å². The molecule has 1 aliphatic rings. The van der Waals surface area contributed by atoms with Crippen molar-refractivity contribution >= 4 is 33.2 Å². The number of aliphatic carboxylic acids is 1. The molecule has 0 radical (unpaired) electrons. The zero-order chi connectivity index (χ0) is 22.6. The maximum atomic E-state index is 11.5. The summed E-state index contributed by atoms with van der Waals surface area (Å²) in [6.07, 6.45) is 6.46. The number of thiophene rings is 1. The minimum Gasteiger partial charge on any atom is -0.493 e. The number of carbonyl (C=O) groups is 1. The highest BCUT2D eigenvalue weighted by molar-refractivity contribution is 7.17. The third-order valence-corrected chi connectivity index (χ3v) is 6.96. The zero-order valence-corrected chi connectivity index (χ0v) is 19.0. The van der Waals surface area contributed by atoms with E-state index < -0.39 is 5.97 Å². The van der Waals surface area contributed by atoms with Crippen molar-refractivity contribution in [2.24, 2.45) is 0 Å². The molecule has 168 valence electrons. The van der Waals surface area contributed by atoms with Gasteiger partial charge in [0.05, 0.1) is 13.0 Å². The van der Waals surface area contributed by atoms with Crippen molar-refractivity contribution in [1.29, 1.82) is 0 Å². The van der Waals surface area contributed by atoms with Gasteiger partial charge in [-0.1, -0.05) is 12.1 Å². The lowest BCUT2D eigenvalue weighted by atomic mass is 9.89. The Hall–Kier alpha value is -3.45. The van der Waals surface area contributed by atoms with Crippen LogP contribution in [0.15, 0.2) is 60.2 Å². The summed E-state index contributed by atoms with van der Waals surface area (Å²) in [5.74, 6) is 0.758. The Labute approximate surface area is 196 Å². The molecule has 7 heteroatoms. The molecule has 5 rings (SSSR count). The lowest BCUT2D eigenvalue weighted by molar-refractivity contribution is -0.137. The normalized spacial score (nSPS) is 13.8. The number of aromatic nitrogens is 2. The van der Waals surface area contributed by atoms with Crippen LogP contribution >= 0.6 is 11.3 Å². The van der Waals surface area contributed by atoms with Crippen LogP contribution < -0.4 is 10.1 Å². The molecule has 0 spiro atoms. The molecule has 0 saturated heterocycles. The van der Waals surface area contributed by atoms with E-state index >= 15 is 0 Å². The average Bonchev–Trinajstić information content (AvgIpc) is 3.26. The Morgan fingerprint density at radius 3 is 3.03 bits per heavy atom. The molecule has 6 nitrogen and oxygen atoms in total. The van der Waals surface area contributed by atoms with Crippen molar-refractivity contribution in [3.8, 4) is 5.75 Å². The monoisotopic (exact) mass is 459 g/mol. The molecule has 1 aromatic carbocycles. The highest BCUT2D eigenvalue weighted by atomic mass is 32.1. The van der Waals surface area contributed by atoms with E-state index in [2.05, 4.69) is 27.8 Å². The van der Waals surface area contributed by atoms with Gasteiger partial charge in [-0.3, -0.25) is 9.78 Å². The first-order valence-electron chi connectivity index (χ1n) is 11.2. The zero-order valence-electron chi connectivity index (χ0n) is 18.2. The lowest BCUT2D eigenvalue weighted by Crippen LogP contribution is -2.14. The second kappa shape index (κ2) is 9.58. The molecule has 1 unspecified atom stereocenters. The number of carboxylic acids is 1. The number of anilines is 1. The first-order valence-corrected chi connectivity index (χ1v) is 12.0. The van der Waals surface area contributed by atoms with Crippen LogP contribution in [-0.4, -0.2) is 34.2 Å². The van der Waals surface area contributed by atoms with Crippen LogP contribution in [0.4, 0.5) is 5.82 Å². The molecule has 0 amide bonds. The van der Waals surface area contributed by atoms with Crippen LogP contribution in [0, 0.1) is 0 Å². The fourth-order valence-electron chi connectivity index (χ4n) is 4.33. The standard InChI is InChI=1S/C26H25N3O3S/c30-25(31)14-22(18-4-1-10-27-15-18)23-16-33-24-13-20(7-8-21(23)24)32-12-9-19-6-5-17-3-2-11-28-26(17)29-19/h1,4-8,10,13,15-16,22H,2-3,9,11-12,14H2,(H,28,29)(H,30,31). The number of nitrogens with zero attached hydrogens (tertiary/aromatic N) is 2. The van der Waals surface area contributed by atoms with Crippen molar-refractivity contribution in [2.45, 2.75) is 31.6 Å². The van der Waals surface area contributed by atoms with Gasteiger partial charge in [-0.05, 0) is 70.6 Å². The van der Waals surface area contributed by atoms with E-state index in [0.717, 1.165) is 64.3 Å². The van der Waals surface area contributed by atoms with Gasteiger partial charge in [-0.25, -0.2) is 4.98 Å². The number of rotatable bonds is 8. The van der Waals surface area contributed by atoms with Gasteiger partial charge in [0.1, 0.15) is 11.6 Å². The first-order chi connectivity index (χ1) is 16.2. The molecule has 0 bridgehead atoms. The second-order valence-electron chi connectivity index (χ2n) is 8.22. The summed E-state index contributed by atoms with van der Waals surface area (Å²) in [5, 5.41) is 16.0. The number of hydrogen-bond acceptors (Lipinski definition) is 6. The van der Waals surface area contributed by atoms with Crippen LogP contribution in [-0.2, 0) is 17.6 Å². The van der Waals surface area contributed by atoms with Gasteiger partial charge in [-0.15, -0.1) is 11.3 Å². The van der Waals surface area contributed by atoms with Crippen molar-refractivity contribution in [1.82, 2.24) is 9.97 Å². The van der Waals surface area contributed by atoms with Gasteiger partial charge in [0, 0.05) is 41.7 Å². The highest BCUT2D eigenvalue weighted by Gasteiger charge is 2.21. The van der Waals surface area contributed by atoms with E-state index in [4.69, 9.17) is 9.72 Å². The van der Waals surface area contributed by atoms with Crippen LogP contribution in [0.2, 0.25) is 0 Å². The van der Waals surface area contributed by atoms with Crippen molar-refractivity contribution in [2.75, 3.05) is 18.5 Å². The van der Waals surface area contributed by atoms with Crippen LogP contribution in [0.25, 0.3) is 10.1 Å². The van der Waals surface area contributed by atoms with Gasteiger partial charge in [0.25, 0.3) is 0 Å². The predicted octanol–water partition coefficient (Wildman–Crippen LogP) is 5.28. The van der Waals surface area contributed by atoms with E-state index in [1.165, 1.54) is 5.56 Å². The van der Waals surface area contributed by atoms with Crippen molar-refractivity contribution in [3.63, 3.8) is 0 Å². The molecule has 3 aromatic heterocycles. The van der Waals surface area contributed by atoms with E-state index in [1.807, 2.05) is 30.3 Å². The summed E-state index contributed by atoms with van der Waals surface area (Å²) in [4.78, 5) is 20.4. The van der Waals surface area contributed by atoms with Crippen LogP contribution in [0.3, 0.4) is 0 Å². The number of fused-ring (bicyclic) bond motifs is 2. The number of nitrogens with one attached hydrogen (secondary N) is 1. The number of carboxylic acid groups (broad SMARTS) is 1. The Morgan fingerprint density at radius 1 is 1.24 bits per heavy atom. The molecule has 0 fully saturated rings. The Bertz CT molecular complexity index is 1270. The van der Waals surface area contributed by atoms with Gasteiger partial charge < -0.3 is 15.2 Å². The molecular formula is C26H25N3O3S. The summed E-state index contributed by atoms with van der Waals surface area (Å²) in [6.45, 7) is 1.53. The molecule has 1 atom stereocenters. The topological polar surface area (TPSA) is 84.3 Å². The Kier molecular flexibility index (Phi) is 6.21. The molecule has 0 saturated carbocycles. The number of pyridine rings is 2. The van der Waals surface area contributed by atoms with Crippen molar-refractivity contribution in [3.05, 3.63) is 82.6 Å².